The van der Waals surface area contributed by atoms with Crippen molar-refractivity contribution in [1.82, 2.24) is 15.1 Å². The lowest BCUT2D eigenvalue weighted by molar-refractivity contribution is 0.0758. The summed E-state index contributed by atoms with van der Waals surface area (Å²) in [5, 5.41) is 3.80. The lowest BCUT2D eigenvalue weighted by Gasteiger charge is -2.35. The minimum Gasteiger partial charge on any atom is -0.376 e. The number of piperidine rings is 1. The molecule has 3 aliphatic rings. The Kier molecular flexibility index (Phi) is 4.17. The first-order valence-electron chi connectivity index (χ1n) is 7.99. The zero-order chi connectivity index (χ0) is 14.1. The van der Waals surface area contributed by atoms with Gasteiger partial charge < -0.3 is 19.9 Å². The van der Waals surface area contributed by atoms with E-state index in [0.717, 1.165) is 44.9 Å². The van der Waals surface area contributed by atoms with E-state index in [1.54, 1.807) is 4.90 Å². The van der Waals surface area contributed by atoms with Crippen LogP contribution in [0.2, 0.25) is 0 Å². The van der Waals surface area contributed by atoms with Gasteiger partial charge in [-0.25, -0.2) is 4.79 Å². The van der Waals surface area contributed by atoms with Gasteiger partial charge in [-0.15, -0.1) is 0 Å². The van der Waals surface area contributed by atoms with Crippen LogP contribution in [0, 0.1) is 5.92 Å². The van der Waals surface area contributed by atoms with Crippen molar-refractivity contribution < 1.29 is 9.53 Å². The molecule has 1 aliphatic carbocycles. The summed E-state index contributed by atoms with van der Waals surface area (Å²) in [5.41, 5.74) is 0. The first-order chi connectivity index (χ1) is 9.65. The molecule has 2 heterocycles. The fourth-order valence-electron chi connectivity index (χ4n) is 3.50. The molecule has 0 aromatic rings. The van der Waals surface area contributed by atoms with Gasteiger partial charge in [-0.05, 0) is 38.0 Å². The van der Waals surface area contributed by atoms with Gasteiger partial charge in [0, 0.05) is 45.9 Å². The van der Waals surface area contributed by atoms with Gasteiger partial charge in [0.2, 0.25) is 0 Å². The average molecular weight is 281 g/mol. The molecule has 2 aliphatic heterocycles. The van der Waals surface area contributed by atoms with Gasteiger partial charge in [0.15, 0.2) is 0 Å². The van der Waals surface area contributed by atoms with Crippen LogP contribution in [0.25, 0.3) is 0 Å². The molecule has 0 aromatic carbocycles. The van der Waals surface area contributed by atoms with E-state index in [-0.39, 0.29) is 6.03 Å². The number of nitrogens with one attached hydrogen (secondary N) is 1. The summed E-state index contributed by atoms with van der Waals surface area (Å²) in [6.07, 6.45) is 6.42. The summed E-state index contributed by atoms with van der Waals surface area (Å²) in [6, 6.07) is 1.24. The predicted octanol–water partition coefficient (Wildman–Crippen LogP) is 1.29. The van der Waals surface area contributed by atoms with E-state index in [4.69, 9.17) is 4.74 Å². The van der Waals surface area contributed by atoms with E-state index < -0.39 is 0 Å². The lowest BCUT2D eigenvalue weighted by atomic mass is 10.0. The van der Waals surface area contributed by atoms with Crippen LogP contribution < -0.4 is 5.32 Å². The Hall–Kier alpha value is -0.810. The highest BCUT2D eigenvalue weighted by Gasteiger charge is 2.41. The van der Waals surface area contributed by atoms with Gasteiger partial charge in [-0.3, -0.25) is 0 Å². The fourth-order valence-corrected chi connectivity index (χ4v) is 3.50. The molecule has 0 spiro atoms. The Bertz CT molecular complexity index is 349. The maximum atomic E-state index is 11.9. The van der Waals surface area contributed by atoms with Crippen LogP contribution in [-0.4, -0.2) is 67.8 Å². The molecule has 5 heteroatoms. The van der Waals surface area contributed by atoms with Crippen molar-refractivity contribution >= 4 is 6.03 Å². The van der Waals surface area contributed by atoms with Crippen molar-refractivity contribution in [2.75, 3.05) is 33.8 Å². The first-order valence-corrected chi connectivity index (χ1v) is 7.99. The van der Waals surface area contributed by atoms with Crippen LogP contribution in [0.15, 0.2) is 0 Å². The molecule has 1 N–H and O–H groups in total. The molecule has 2 unspecified atom stereocenters. The number of likely N-dealkylation sites (tertiary alicyclic amines) is 1. The van der Waals surface area contributed by atoms with Gasteiger partial charge in [-0.2, -0.15) is 0 Å². The smallest absolute Gasteiger partial charge is 0.319 e. The number of nitrogens with zero attached hydrogens (tertiary/aromatic N) is 2. The molecule has 2 amide bonds. The van der Waals surface area contributed by atoms with Crippen LogP contribution in [0.3, 0.4) is 0 Å². The van der Waals surface area contributed by atoms with Crippen molar-refractivity contribution in [3.8, 4) is 0 Å². The Balaban J connectivity index is 1.45. The summed E-state index contributed by atoms with van der Waals surface area (Å²) in [5.74, 6) is 0.811. The first kappa shape index (κ1) is 14.1. The summed E-state index contributed by atoms with van der Waals surface area (Å²) in [4.78, 5) is 15.5. The van der Waals surface area contributed by atoms with E-state index in [0.29, 0.717) is 18.2 Å². The predicted molar refractivity (Wildman–Crippen MR) is 77.7 cm³/mol. The number of carbonyl (C=O) groups excluding carboxylic acids is 1. The van der Waals surface area contributed by atoms with E-state index >= 15 is 0 Å². The van der Waals surface area contributed by atoms with Gasteiger partial charge in [0.25, 0.3) is 0 Å². The number of hydrogen-bond acceptors (Lipinski definition) is 3. The normalized spacial score (nSPS) is 31.6. The van der Waals surface area contributed by atoms with E-state index in [1.165, 1.54) is 12.8 Å². The molecule has 5 nitrogen and oxygen atoms in total. The molecular weight excluding hydrogens is 254 g/mol. The molecule has 1 saturated carbocycles. The van der Waals surface area contributed by atoms with Crippen molar-refractivity contribution in [3.05, 3.63) is 0 Å². The molecule has 20 heavy (non-hydrogen) atoms. The highest BCUT2D eigenvalue weighted by Crippen LogP contribution is 2.39. The molecular formula is C15H27N3O2. The molecule has 2 atom stereocenters. The number of amides is 2. The molecule has 0 bridgehead atoms. The van der Waals surface area contributed by atoms with Crippen LogP contribution in [0.4, 0.5) is 4.79 Å². The van der Waals surface area contributed by atoms with E-state index in [9.17, 15) is 4.79 Å². The van der Waals surface area contributed by atoms with Crippen LogP contribution in [0.5, 0.6) is 0 Å². The fraction of sp³-hybridized carbons (Fsp3) is 0.933. The minimum absolute atomic E-state index is 0.142. The van der Waals surface area contributed by atoms with Crippen molar-refractivity contribution in [1.29, 1.82) is 0 Å². The number of rotatable bonds is 3. The van der Waals surface area contributed by atoms with Crippen LogP contribution in [-0.2, 0) is 4.74 Å². The highest BCUT2D eigenvalue weighted by molar-refractivity contribution is 5.73. The molecule has 114 valence electrons. The van der Waals surface area contributed by atoms with Crippen LogP contribution >= 0.6 is 0 Å². The molecule has 3 rings (SSSR count). The maximum absolute atomic E-state index is 11.9. The quantitative estimate of drug-likeness (QED) is 0.848. The molecule has 2 saturated heterocycles. The van der Waals surface area contributed by atoms with Gasteiger partial charge >= 0.3 is 6.03 Å². The van der Waals surface area contributed by atoms with E-state index in [2.05, 4.69) is 5.32 Å². The van der Waals surface area contributed by atoms with Gasteiger partial charge in [0.05, 0.1) is 6.10 Å². The summed E-state index contributed by atoms with van der Waals surface area (Å²) >= 11 is 0. The van der Waals surface area contributed by atoms with Crippen LogP contribution in [0.1, 0.15) is 32.1 Å². The van der Waals surface area contributed by atoms with E-state index in [1.807, 2.05) is 19.0 Å². The Morgan fingerprint density at radius 2 is 1.85 bits per heavy atom. The Morgan fingerprint density at radius 3 is 2.45 bits per heavy atom. The third-order valence-electron chi connectivity index (χ3n) is 4.82. The third-order valence-corrected chi connectivity index (χ3v) is 4.82. The minimum atomic E-state index is 0.142. The molecule has 0 radical (unpaired) electrons. The molecule has 3 fully saturated rings. The van der Waals surface area contributed by atoms with Gasteiger partial charge in [-0.1, -0.05) is 0 Å². The van der Waals surface area contributed by atoms with Gasteiger partial charge in [0.1, 0.15) is 0 Å². The SMILES string of the molecule is CN(C)C(=O)N1CCC(NC2CCOC2C2CC2)CC1. The highest BCUT2D eigenvalue weighted by atomic mass is 16.5. The third kappa shape index (κ3) is 3.09. The van der Waals surface area contributed by atoms with Crippen molar-refractivity contribution in [3.63, 3.8) is 0 Å². The number of carbonyl (C=O) groups is 1. The number of urea groups is 1. The summed E-state index contributed by atoms with van der Waals surface area (Å²) in [6.45, 7) is 2.66. The maximum Gasteiger partial charge on any atom is 0.319 e. The number of hydrogen-bond donors (Lipinski definition) is 1. The summed E-state index contributed by atoms with van der Waals surface area (Å²) < 4.78 is 5.89. The monoisotopic (exact) mass is 281 g/mol. The zero-order valence-electron chi connectivity index (χ0n) is 12.7. The second-order valence-electron chi connectivity index (χ2n) is 6.67. The topological polar surface area (TPSA) is 44.8 Å². The zero-order valence-corrected chi connectivity index (χ0v) is 12.7. The standard InChI is InChI=1S/C15H27N3O2/c1-17(2)15(19)18-8-5-12(6-9-18)16-13-7-10-20-14(13)11-3-4-11/h11-14,16H,3-10H2,1-2H3. The second kappa shape index (κ2) is 5.90. The average Bonchev–Trinajstić information content (AvgIpc) is 3.19. The largest absolute Gasteiger partial charge is 0.376 e. The lowest BCUT2D eigenvalue weighted by Crippen LogP contribution is -2.51. The summed E-state index contributed by atoms with van der Waals surface area (Å²) in [7, 11) is 3.64. The van der Waals surface area contributed by atoms with Crippen molar-refractivity contribution in [2.45, 2.75) is 50.3 Å². The Labute approximate surface area is 121 Å². The van der Waals surface area contributed by atoms with Crippen molar-refractivity contribution in [2.24, 2.45) is 5.92 Å². The molecule has 0 aromatic heterocycles. The number of ether oxygens (including phenoxy) is 1. The Morgan fingerprint density at radius 1 is 1.15 bits per heavy atom. The second-order valence-corrected chi connectivity index (χ2v) is 6.67.